The Labute approximate surface area is 124 Å². The van der Waals surface area contributed by atoms with E-state index in [1.54, 1.807) is 0 Å². The summed E-state index contributed by atoms with van der Waals surface area (Å²) in [6.07, 6.45) is 0. The van der Waals surface area contributed by atoms with Crippen LogP contribution in [-0.4, -0.2) is 25.2 Å². The van der Waals surface area contributed by atoms with Gasteiger partial charge in [0.15, 0.2) is 0 Å². The van der Waals surface area contributed by atoms with Crippen molar-refractivity contribution in [1.82, 2.24) is 5.32 Å². The molecule has 0 bridgehead atoms. The smallest absolute Gasteiger partial charge is 0.0438 e. The van der Waals surface area contributed by atoms with Gasteiger partial charge in [0.2, 0.25) is 0 Å². The first kappa shape index (κ1) is 15.4. The number of rotatable bonds is 3. The van der Waals surface area contributed by atoms with Gasteiger partial charge in [-0.2, -0.15) is 0 Å². The Morgan fingerprint density at radius 2 is 1.80 bits per heavy atom. The Kier molecular flexibility index (Phi) is 4.74. The Hall–Kier alpha value is -1.02. The van der Waals surface area contributed by atoms with Gasteiger partial charge in [-0.1, -0.05) is 45.4 Å². The third-order valence-corrected chi connectivity index (χ3v) is 4.62. The van der Waals surface area contributed by atoms with Crippen LogP contribution in [0.15, 0.2) is 18.2 Å². The molecule has 0 saturated carbocycles. The number of aryl methyl sites for hydroxylation is 2. The van der Waals surface area contributed by atoms with Crippen molar-refractivity contribution in [2.75, 3.05) is 18.0 Å². The van der Waals surface area contributed by atoms with Crippen LogP contribution in [-0.2, 0) is 0 Å². The minimum absolute atomic E-state index is 0.589. The van der Waals surface area contributed by atoms with Crippen LogP contribution in [0.5, 0.6) is 0 Å². The van der Waals surface area contributed by atoms with E-state index in [2.05, 4.69) is 70.0 Å². The van der Waals surface area contributed by atoms with Gasteiger partial charge in [0.05, 0.1) is 0 Å². The molecule has 2 atom stereocenters. The molecule has 1 heterocycles. The highest BCUT2D eigenvalue weighted by atomic mass is 15.2. The minimum Gasteiger partial charge on any atom is -0.365 e. The molecule has 0 aromatic heterocycles. The minimum atomic E-state index is 0.589. The van der Waals surface area contributed by atoms with Crippen LogP contribution in [0.2, 0.25) is 0 Å². The highest BCUT2D eigenvalue weighted by molar-refractivity contribution is 5.56. The molecule has 2 rings (SSSR count). The third-order valence-electron chi connectivity index (χ3n) is 4.62. The summed E-state index contributed by atoms with van der Waals surface area (Å²) in [5.41, 5.74) is 4.17. The first-order valence-corrected chi connectivity index (χ1v) is 7.97. The van der Waals surface area contributed by atoms with Gasteiger partial charge in [0.25, 0.3) is 0 Å². The largest absolute Gasteiger partial charge is 0.365 e. The topological polar surface area (TPSA) is 15.3 Å². The van der Waals surface area contributed by atoms with Crippen molar-refractivity contribution in [2.24, 2.45) is 11.8 Å². The summed E-state index contributed by atoms with van der Waals surface area (Å²) in [5, 5.41) is 3.74. The van der Waals surface area contributed by atoms with Crippen LogP contribution in [0, 0.1) is 25.7 Å². The summed E-state index contributed by atoms with van der Waals surface area (Å²) in [6.45, 7) is 15.9. The van der Waals surface area contributed by atoms with E-state index in [1.165, 1.54) is 16.8 Å². The second kappa shape index (κ2) is 6.17. The maximum atomic E-state index is 3.74. The van der Waals surface area contributed by atoms with Gasteiger partial charge in [0.1, 0.15) is 0 Å². The molecular formula is C18H30N2. The molecular weight excluding hydrogens is 244 g/mol. The zero-order valence-electron chi connectivity index (χ0n) is 13.9. The molecule has 2 nitrogen and oxygen atoms in total. The number of nitrogens with one attached hydrogen (secondary N) is 1. The van der Waals surface area contributed by atoms with Gasteiger partial charge in [-0.25, -0.2) is 0 Å². The molecule has 0 spiro atoms. The van der Waals surface area contributed by atoms with Crippen molar-refractivity contribution in [2.45, 2.75) is 53.6 Å². The number of hydrogen-bond donors (Lipinski definition) is 1. The second-order valence-electron chi connectivity index (χ2n) is 7.01. The quantitative estimate of drug-likeness (QED) is 0.903. The molecule has 20 heavy (non-hydrogen) atoms. The first-order chi connectivity index (χ1) is 9.40. The number of piperazine rings is 1. The van der Waals surface area contributed by atoms with Crippen LogP contribution < -0.4 is 10.2 Å². The SMILES string of the molecule is Cc1ccc(N2CC(C(C)C)NCC2C(C)C)c(C)c1. The molecule has 1 aromatic rings. The molecule has 1 aliphatic heterocycles. The normalized spacial score (nSPS) is 23.7. The van der Waals surface area contributed by atoms with Crippen molar-refractivity contribution in [1.29, 1.82) is 0 Å². The maximum absolute atomic E-state index is 3.74. The third kappa shape index (κ3) is 3.17. The molecule has 1 fully saturated rings. The van der Waals surface area contributed by atoms with E-state index >= 15 is 0 Å². The lowest BCUT2D eigenvalue weighted by molar-refractivity contribution is 0.295. The van der Waals surface area contributed by atoms with Crippen molar-refractivity contribution < 1.29 is 0 Å². The van der Waals surface area contributed by atoms with E-state index in [9.17, 15) is 0 Å². The summed E-state index contributed by atoms with van der Waals surface area (Å²) < 4.78 is 0. The summed E-state index contributed by atoms with van der Waals surface area (Å²) in [7, 11) is 0. The molecule has 1 saturated heterocycles. The molecule has 1 aromatic carbocycles. The molecule has 112 valence electrons. The predicted octanol–water partition coefficient (Wildman–Crippen LogP) is 3.76. The summed E-state index contributed by atoms with van der Waals surface area (Å²) in [4.78, 5) is 2.64. The monoisotopic (exact) mass is 274 g/mol. The zero-order valence-corrected chi connectivity index (χ0v) is 13.9. The van der Waals surface area contributed by atoms with Crippen molar-refractivity contribution in [3.8, 4) is 0 Å². The summed E-state index contributed by atoms with van der Waals surface area (Å²) in [6, 6.07) is 8.03. The fourth-order valence-corrected chi connectivity index (χ4v) is 3.24. The van der Waals surface area contributed by atoms with Crippen LogP contribution in [0.25, 0.3) is 0 Å². The number of hydrogen-bond acceptors (Lipinski definition) is 2. The van der Waals surface area contributed by atoms with E-state index in [4.69, 9.17) is 0 Å². The van der Waals surface area contributed by atoms with E-state index in [1.807, 2.05) is 0 Å². The molecule has 2 heteroatoms. The first-order valence-electron chi connectivity index (χ1n) is 7.97. The van der Waals surface area contributed by atoms with E-state index in [0.29, 0.717) is 23.9 Å². The fraction of sp³-hybridized carbons (Fsp3) is 0.667. The van der Waals surface area contributed by atoms with Gasteiger partial charge < -0.3 is 10.2 Å². The standard InChI is InChI=1S/C18H30N2/c1-12(2)16-11-20(18(10-19-16)13(3)4)17-8-7-14(5)9-15(17)6/h7-9,12-13,16,18-19H,10-11H2,1-6H3. The number of benzene rings is 1. The Bertz CT molecular complexity index is 451. The van der Waals surface area contributed by atoms with Crippen LogP contribution in [0.1, 0.15) is 38.8 Å². The molecule has 1 N–H and O–H groups in total. The van der Waals surface area contributed by atoms with Crippen LogP contribution in [0.4, 0.5) is 5.69 Å². The van der Waals surface area contributed by atoms with E-state index < -0.39 is 0 Å². The lowest BCUT2D eigenvalue weighted by Crippen LogP contribution is -2.60. The lowest BCUT2D eigenvalue weighted by Gasteiger charge is -2.45. The van der Waals surface area contributed by atoms with Crippen molar-refractivity contribution in [3.05, 3.63) is 29.3 Å². The highest BCUT2D eigenvalue weighted by Crippen LogP contribution is 2.28. The van der Waals surface area contributed by atoms with Gasteiger partial charge in [0, 0.05) is 30.9 Å². The highest BCUT2D eigenvalue weighted by Gasteiger charge is 2.31. The predicted molar refractivity (Wildman–Crippen MR) is 88.5 cm³/mol. The zero-order chi connectivity index (χ0) is 14.9. The van der Waals surface area contributed by atoms with Gasteiger partial charge >= 0.3 is 0 Å². The maximum Gasteiger partial charge on any atom is 0.0438 e. The average molecular weight is 274 g/mol. The Balaban J connectivity index is 2.31. The molecule has 1 aliphatic rings. The fourth-order valence-electron chi connectivity index (χ4n) is 3.24. The molecule has 0 radical (unpaired) electrons. The average Bonchev–Trinajstić information content (AvgIpc) is 2.37. The molecule has 2 unspecified atom stereocenters. The van der Waals surface area contributed by atoms with Gasteiger partial charge in [-0.05, 0) is 37.3 Å². The second-order valence-corrected chi connectivity index (χ2v) is 7.01. The van der Waals surface area contributed by atoms with Crippen LogP contribution in [0.3, 0.4) is 0 Å². The van der Waals surface area contributed by atoms with Gasteiger partial charge in [-0.15, -0.1) is 0 Å². The molecule has 0 aliphatic carbocycles. The Morgan fingerprint density at radius 1 is 1.10 bits per heavy atom. The number of nitrogens with zero attached hydrogens (tertiary/aromatic N) is 1. The molecule has 0 amide bonds. The number of anilines is 1. The van der Waals surface area contributed by atoms with Crippen molar-refractivity contribution >= 4 is 5.69 Å². The van der Waals surface area contributed by atoms with Crippen molar-refractivity contribution in [3.63, 3.8) is 0 Å². The Morgan fingerprint density at radius 3 is 2.35 bits per heavy atom. The lowest BCUT2D eigenvalue weighted by atomic mass is 9.93. The van der Waals surface area contributed by atoms with Gasteiger partial charge in [-0.3, -0.25) is 0 Å². The van der Waals surface area contributed by atoms with E-state index in [-0.39, 0.29) is 0 Å². The summed E-state index contributed by atoms with van der Waals surface area (Å²) in [5.74, 6) is 1.34. The van der Waals surface area contributed by atoms with E-state index in [0.717, 1.165) is 13.1 Å². The van der Waals surface area contributed by atoms with Crippen LogP contribution >= 0.6 is 0 Å². The summed E-state index contributed by atoms with van der Waals surface area (Å²) >= 11 is 0.